The van der Waals surface area contributed by atoms with Crippen LogP contribution in [0.15, 0.2) is 66.2 Å². The second kappa shape index (κ2) is 9.78. The number of carbonyl (C=O) groups is 2. The minimum Gasteiger partial charge on any atom is -0.507 e. The van der Waals surface area contributed by atoms with E-state index >= 15 is 0 Å². The van der Waals surface area contributed by atoms with Crippen LogP contribution in [-0.4, -0.2) is 58.9 Å². The molecule has 2 heterocycles. The first-order chi connectivity index (χ1) is 17.4. The summed E-state index contributed by atoms with van der Waals surface area (Å²) < 4.78 is 5.80. The third-order valence-corrected chi connectivity index (χ3v) is 7.38. The van der Waals surface area contributed by atoms with E-state index in [2.05, 4.69) is 18.7 Å². The van der Waals surface area contributed by atoms with E-state index in [0.717, 1.165) is 47.2 Å². The highest BCUT2D eigenvalue weighted by molar-refractivity contribution is 6.46. The Morgan fingerprint density at radius 2 is 1.81 bits per heavy atom. The highest BCUT2D eigenvalue weighted by Gasteiger charge is 2.46. The summed E-state index contributed by atoms with van der Waals surface area (Å²) in [6.07, 6.45) is 0.806. The number of amides is 1. The second-order valence-corrected chi connectivity index (χ2v) is 9.54. The van der Waals surface area contributed by atoms with Crippen LogP contribution in [0.25, 0.3) is 16.5 Å². The van der Waals surface area contributed by atoms with E-state index in [1.54, 1.807) is 11.0 Å². The van der Waals surface area contributed by atoms with Gasteiger partial charge in [0.1, 0.15) is 17.6 Å². The summed E-state index contributed by atoms with van der Waals surface area (Å²) in [5.41, 5.74) is 2.50. The molecule has 0 saturated carbocycles. The molecule has 2 atom stereocenters. The Kier molecular flexibility index (Phi) is 6.54. The van der Waals surface area contributed by atoms with Gasteiger partial charge < -0.3 is 19.6 Å². The van der Waals surface area contributed by atoms with E-state index in [4.69, 9.17) is 4.74 Å². The third kappa shape index (κ3) is 4.16. The Morgan fingerprint density at radius 3 is 2.58 bits per heavy atom. The summed E-state index contributed by atoms with van der Waals surface area (Å²) >= 11 is 0. The number of benzene rings is 3. The molecule has 3 aromatic rings. The van der Waals surface area contributed by atoms with Crippen molar-refractivity contribution in [2.24, 2.45) is 0 Å². The number of ether oxygens (including phenoxy) is 1. The fourth-order valence-electron chi connectivity index (χ4n) is 5.44. The Bertz CT molecular complexity index is 1350. The molecule has 1 amide bonds. The third-order valence-electron chi connectivity index (χ3n) is 7.38. The van der Waals surface area contributed by atoms with Crippen molar-refractivity contribution in [1.29, 1.82) is 0 Å². The summed E-state index contributed by atoms with van der Waals surface area (Å²) in [6, 6.07) is 18.6. The van der Waals surface area contributed by atoms with Gasteiger partial charge in [0.2, 0.25) is 0 Å². The number of aliphatic hydroxyl groups is 1. The van der Waals surface area contributed by atoms with Crippen LogP contribution >= 0.6 is 0 Å². The van der Waals surface area contributed by atoms with Gasteiger partial charge in [-0.2, -0.15) is 0 Å². The first-order valence-electron chi connectivity index (χ1n) is 12.7. The number of aliphatic hydroxyl groups excluding tert-OH is 1. The van der Waals surface area contributed by atoms with Crippen LogP contribution in [0.4, 0.5) is 0 Å². The minimum absolute atomic E-state index is 0.0683. The highest BCUT2D eigenvalue weighted by Crippen LogP contribution is 2.42. The Morgan fingerprint density at radius 1 is 1.06 bits per heavy atom. The average molecular weight is 485 g/mol. The lowest BCUT2D eigenvalue weighted by Gasteiger charge is -2.29. The van der Waals surface area contributed by atoms with Crippen molar-refractivity contribution in [3.05, 3.63) is 82.9 Å². The van der Waals surface area contributed by atoms with E-state index in [-0.39, 0.29) is 17.4 Å². The predicted octanol–water partition coefficient (Wildman–Crippen LogP) is 4.93. The standard InChI is InChI=1S/C30H32N2O4/c1-4-31(5-2)15-16-32-27(24-12-8-10-20-9-6-7-11-23(20)24)26(29(34)30(32)35)28(33)21-13-14-25-22(18-21)17-19(3)36-25/h6-14,18-19,27,33H,4-5,15-17H2,1-3H3. The van der Waals surface area contributed by atoms with E-state index in [1.165, 1.54) is 0 Å². The van der Waals surface area contributed by atoms with Gasteiger partial charge in [-0.3, -0.25) is 9.59 Å². The van der Waals surface area contributed by atoms with Crippen molar-refractivity contribution < 1.29 is 19.4 Å². The molecular weight excluding hydrogens is 452 g/mol. The number of rotatable bonds is 7. The van der Waals surface area contributed by atoms with Gasteiger partial charge in [-0.05, 0) is 60.1 Å². The van der Waals surface area contributed by atoms with Gasteiger partial charge in [0.05, 0.1) is 11.6 Å². The molecular formula is C30H32N2O4. The zero-order chi connectivity index (χ0) is 25.4. The van der Waals surface area contributed by atoms with Gasteiger partial charge in [-0.25, -0.2) is 0 Å². The maximum Gasteiger partial charge on any atom is 0.295 e. The molecule has 1 N–H and O–H groups in total. The largest absolute Gasteiger partial charge is 0.507 e. The highest BCUT2D eigenvalue weighted by atomic mass is 16.5. The van der Waals surface area contributed by atoms with Gasteiger partial charge in [0.15, 0.2) is 0 Å². The van der Waals surface area contributed by atoms with Gasteiger partial charge in [0.25, 0.3) is 11.7 Å². The number of likely N-dealkylation sites (N-methyl/N-ethyl adjacent to an activating group) is 1. The Balaban J connectivity index is 1.65. The van der Waals surface area contributed by atoms with Gasteiger partial charge in [-0.15, -0.1) is 0 Å². The van der Waals surface area contributed by atoms with E-state index < -0.39 is 17.7 Å². The fourth-order valence-corrected chi connectivity index (χ4v) is 5.44. The molecule has 0 spiro atoms. The zero-order valence-electron chi connectivity index (χ0n) is 21.0. The van der Waals surface area contributed by atoms with Crippen LogP contribution in [0.1, 0.15) is 43.5 Å². The summed E-state index contributed by atoms with van der Waals surface area (Å²) in [6.45, 7) is 8.92. The molecule has 3 aromatic carbocycles. The molecule has 186 valence electrons. The van der Waals surface area contributed by atoms with Crippen LogP contribution in [0, 0.1) is 0 Å². The molecule has 0 aliphatic carbocycles. The lowest BCUT2D eigenvalue weighted by atomic mass is 9.91. The smallest absolute Gasteiger partial charge is 0.295 e. The van der Waals surface area contributed by atoms with Crippen LogP contribution < -0.4 is 4.74 Å². The fraction of sp³-hybridized carbons (Fsp3) is 0.333. The van der Waals surface area contributed by atoms with Crippen LogP contribution in [0.3, 0.4) is 0 Å². The lowest BCUT2D eigenvalue weighted by molar-refractivity contribution is -0.140. The molecule has 6 heteroatoms. The van der Waals surface area contributed by atoms with Crippen LogP contribution in [0.2, 0.25) is 0 Å². The number of hydrogen-bond donors (Lipinski definition) is 1. The molecule has 2 unspecified atom stereocenters. The van der Waals surface area contributed by atoms with E-state index in [9.17, 15) is 14.7 Å². The summed E-state index contributed by atoms with van der Waals surface area (Å²) in [7, 11) is 0. The molecule has 2 aliphatic heterocycles. The number of fused-ring (bicyclic) bond motifs is 2. The van der Waals surface area contributed by atoms with Gasteiger partial charge in [-0.1, -0.05) is 56.3 Å². The van der Waals surface area contributed by atoms with E-state index in [0.29, 0.717) is 18.7 Å². The topological polar surface area (TPSA) is 70.1 Å². The minimum atomic E-state index is -0.671. The molecule has 36 heavy (non-hydrogen) atoms. The first kappa shape index (κ1) is 24.1. The number of hydrogen-bond acceptors (Lipinski definition) is 5. The van der Waals surface area contributed by atoms with Gasteiger partial charge >= 0.3 is 0 Å². The van der Waals surface area contributed by atoms with Crippen molar-refractivity contribution in [3.8, 4) is 5.75 Å². The first-order valence-corrected chi connectivity index (χ1v) is 12.7. The monoisotopic (exact) mass is 484 g/mol. The quantitative estimate of drug-likeness (QED) is 0.293. The second-order valence-electron chi connectivity index (χ2n) is 9.54. The van der Waals surface area contributed by atoms with Crippen LogP contribution in [0.5, 0.6) is 5.75 Å². The molecule has 0 bridgehead atoms. The Labute approximate surface area is 211 Å². The van der Waals surface area contributed by atoms with Gasteiger partial charge in [0, 0.05) is 25.1 Å². The number of Topliss-reactive ketones (excluding diaryl/α,β-unsaturated/α-hetero) is 1. The predicted molar refractivity (Wildman–Crippen MR) is 141 cm³/mol. The maximum atomic E-state index is 13.5. The molecule has 6 nitrogen and oxygen atoms in total. The normalized spacial score (nSPS) is 20.8. The SMILES string of the molecule is CCN(CC)CCN1C(=O)C(=O)C(=C(O)c2ccc3c(c2)CC(C)O3)C1c1cccc2ccccc12. The molecule has 0 radical (unpaired) electrons. The number of carbonyl (C=O) groups excluding carboxylic acids is 2. The zero-order valence-corrected chi connectivity index (χ0v) is 21.0. The summed E-state index contributed by atoms with van der Waals surface area (Å²) in [4.78, 5) is 30.7. The molecule has 0 aromatic heterocycles. The van der Waals surface area contributed by atoms with Crippen molar-refractivity contribution in [3.63, 3.8) is 0 Å². The van der Waals surface area contributed by atoms with E-state index in [1.807, 2.05) is 61.5 Å². The number of nitrogens with zero attached hydrogens (tertiary/aromatic N) is 2. The lowest BCUT2D eigenvalue weighted by Crippen LogP contribution is -2.38. The number of likely N-dealkylation sites (tertiary alicyclic amines) is 1. The molecule has 2 aliphatic rings. The molecule has 5 rings (SSSR count). The summed E-state index contributed by atoms with van der Waals surface area (Å²) in [5, 5.41) is 13.5. The van der Waals surface area contributed by atoms with Crippen LogP contribution in [-0.2, 0) is 16.0 Å². The maximum absolute atomic E-state index is 13.5. The van der Waals surface area contributed by atoms with Crippen molar-refractivity contribution in [1.82, 2.24) is 9.80 Å². The Hall–Kier alpha value is -3.64. The van der Waals surface area contributed by atoms with Crippen molar-refractivity contribution >= 4 is 28.2 Å². The summed E-state index contributed by atoms with van der Waals surface area (Å²) in [5.74, 6) is -0.557. The molecule has 1 fully saturated rings. The average Bonchev–Trinajstić information content (AvgIpc) is 3.39. The van der Waals surface area contributed by atoms with Crippen molar-refractivity contribution in [2.75, 3.05) is 26.2 Å². The molecule has 1 saturated heterocycles. The van der Waals surface area contributed by atoms with Crippen molar-refractivity contribution in [2.45, 2.75) is 39.3 Å². The number of ketones is 1.